The molecule has 1 N–H and O–H groups in total. The van der Waals surface area contributed by atoms with Crippen molar-refractivity contribution in [3.8, 4) is 0 Å². The number of methoxy groups -OCH3 is 1. The number of hydrogen-bond acceptors (Lipinski definition) is 6. The molecule has 7 nitrogen and oxygen atoms in total. The van der Waals surface area contributed by atoms with E-state index in [1.54, 1.807) is 0 Å². The molecule has 0 unspecified atom stereocenters. The largest absolute Gasteiger partial charge is 0.378 e. The zero-order valence-electron chi connectivity index (χ0n) is 14.1. The van der Waals surface area contributed by atoms with E-state index >= 15 is 0 Å². The van der Waals surface area contributed by atoms with Crippen LogP contribution in [-0.4, -0.2) is 72.2 Å². The molecule has 0 aromatic heterocycles. The summed E-state index contributed by atoms with van der Waals surface area (Å²) >= 11 is 0. The van der Waals surface area contributed by atoms with Gasteiger partial charge in [0.15, 0.2) is 0 Å². The van der Waals surface area contributed by atoms with Crippen molar-refractivity contribution < 1.29 is 19.0 Å². The SMILES string of the molecule is COCC(=O)Nc1ccc(N2CCOCC2)cc1N1CCOCC1. The lowest BCUT2D eigenvalue weighted by atomic mass is 10.1. The van der Waals surface area contributed by atoms with Crippen LogP contribution in [-0.2, 0) is 19.0 Å². The van der Waals surface area contributed by atoms with Crippen molar-refractivity contribution in [2.45, 2.75) is 0 Å². The summed E-state index contributed by atoms with van der Waals surface area (Å²) in [6.07, 6.45) is 0. The van der Waals surface area contributed by atoms with Crippen molar-refractivity contribution in [2.75, 3.05) is 81.4 Å². The number of morpholine rings is 2. The fourth-order valence-corrected chi connectivity index (χ4v) is 3.03. The summed E-state index contributed by atoms with van der Waals surface area (Å²) in [6.45, 7) is 6.36. The molecule has 0 radical (unpaired) electrons. The van der Waals surface area contributed by atoms with E-state index in [1.165, 1.54) is 7.11 Å². The van der Waals surface area contributed by atoms with Crippen LogP contribution in [0.15, 0.2) is 18.2 Å². The minimum absolute atomic E-state index is 0.0494. The summed E-state index contributed by atoms with van der Waals surface area (Å²) in [6, 6.07) is 6.18. The molecule has 0 saturated carbocycles. The second-order valence-electron chi connectivity index (χ2n) is 5.88. The first-order valence-corrected chi connectivity index (χ1v) is 8.36. The van der Waals surface area contributed by atoms with Crippen molar-refractivity contribution in [3.63, 3.8) is 0 Å². The molecule has 0 aliphatic carbocycles. The quantitative estimate of drug-likeness (QED) is 0.864. The van der Waals surface area contributed by atoms with Gasteiger partial charge in [-0.3, -0.25) is 4.79 Å². The van der Waals surface area contributed by atoms with Crippen molar-refractivity contribution in [2.24, 2.45) is 0 Å². The molecule has 24 heavy (non-hydrogen) atoms. The van der Waals surface area contributed by atoms with Crippen LogP contribution >= 0.6 is 0 Å². The summed E-state index contributed by atoms with van der Waals surface area (Å²) in [5, 5.41) is 2.95. The van der Waals surface area contributed by atoms with Gasteiger partial charge in [-0.05, 0) is 18.2 Å². The van der Waals surface area contributed by atoms with Gasteiger partial charge in [-0.2, -0.15) is 0 Å². The summed E-state index contributed by atoms with van der Waals surface area (Å²) in [5.41, 5.74) is 3.01. The minimum atomic E-state index is -0.147. The Balaban J connectivity index is 1.84. The molecule has 2 aliphatic rings. The monoisotopic (exact) mass is 335 g/mol. The number of ether oxygens (including phenoxy) is 3. The van der Waals surface area contributed by atoms with E-state index in [4.69, 9.17) is 14.2 Å². The van der Waals surface area contributed by atoms with E-state index in [0.29, 0.717) is 13.2 Å². The number of carbonyl (C=O) groups is 1. The molecule has 2 fully saturated rings. The first-order chi connectivity index (χ1) is 11.8. The Morgan fingerprint density at radius 1 is 1.08 bits per heavy atom. The molecule has 7 heteroatoms. The fourth-order valence-electron chi connectivity index (χ4n) is 3.03. The molecular formula is C17H25N3O4. The van der Waals surface area contributed by atoms with Gasteiger partial charge in [0, 0.05) is 39.0 Å². The molecular weight excluding hydrogens is 310 g/mol. The third kappa shape index (κ3) is 4.17. The summed E-state index contributed by atoms with van der Waals surface area (Å²) in [5.74, 6) is -0.147. The molecule has 0 bridgehead atoms. The van der Waals surface area contributed by atoms with E-state index in [1.807, 2.05) is 6.07 Å². The van der Waals surface area contributed by atoms with Gasteiger partial charge >= 0.3 is 0 Å². The number of nitrogens with one attached hydrogen (secondary N) is 1. The number of nitrogens with zero attached hydrogens (tertiary/aromatic N) is 2. The Kier molecular flexibility index (Phi) is 5.90. The molecule has 1 aromatic carbocycles. The Morgan fingerprint density at radius 2 is 1.71 bits per heavy atom. The van der Waals surface area contributed by atoms with Crippen molar-refractivity contribution in [1.29, 1.82) is 0 Å². The highest BCUT2D eigenvalue weighted by molar-refractivity contribution is 5.95. The Morgan fingerprint density at radius 3 is 2.33 bits per heavy atom. The average Bonchev–Trinajstić information content (AvgIpc) is 2.64. The second kappa shape index (κ2) is 8.32. The molecule has 0 atom stereocenters. The number of rotatable bonds is 5. The zero-order valence-corrected chi connectivity index (χ0v) is 14.1. The van der Waals surface area contributed by atoms with Gasteiger partial charge in [-0.1, -0.05) is 0 Å². The lowest BCUT2D eigenvalue weighted by Crippen LogP contribution is -2.38. The fraction of sp³-hybridized carbons (Fsp3) is 0.588. The highest BCUT2D eigenvalue weighted by Crippen LogP contribution is 2.32. The summed E-state index contributed by atoms with van der Waals surface area (Å²) in [4.78, 5) is 16.5. The maximum absolute atomic E-state index is 11.9. The third-order valence-corrected chi connectivity index (χ3v) is 4.26. The Bertz CT molecular complexity index is 555. The molecule has 1 amide bonds. The number of anilines is 3. The predicted octanol–water partition coefficient (Wildman–Crippen LogP) is 0.945. The maximum Gasteiger partial charge on any atom is 0.250 e. The van der Waals surface area contributed by atoms with Crippen LogP contribution < -0.4 is 15.1 Å². The van der Waals surface area contributed by atoms with Crippen LogP contribution in [0.3, 0.4) is 0 Å². The predicted molar refractivity (Wildman–Crippen MR) is 93.0 cm³/mol. The topological polar surface area (TPSA) is 63.3 Å². The van der Waals surface area contributed by atoms with Crippen LogP contribution in [0.2, 0.25) is 0 Å². The average molecular weight is 335 g/mol. The number of hydrogen-bond donors (Lipinski definition) is 1. The second-order valence-corrected chi connectivity index (χ2v) is 5.88. The minimum Gasteiger partial charge on any atom is -0.378 e. The number of benzene rings is 1. The lowest BCUT2D eigenvalue weighted by molar-refractivity contribution is -0.119. The van der Waals surface area contributed by atoms with Crippen LogP contribution in [0.1, 0.15) is 0 Å². The standard InChI is InChI=1S/C17H25N3O4/c1-22-13-17(21)18-15-3-2-14(19-4-8-23-9-5-19)12-16(15)20-6-10-24-11-7-20/h2-3,12H,4-11,13H2,1H3,(H,18,21). The van der Waals surface area contributed by atoms with Gasteiger partial charge in [-0.25, -0.2) is 0 Å². The Hall–Kier alpha value is -1.83. The molecule has 2 heterocycles. The smallest absolute Gasteiger partial charge is 0.250 e. The molecule has 2 aliphatic heterocycles. The maximum atomic E-state index is 11.9. The van der Waals surface area contributed by atoms with Crippen LogP contribution in [0.5, 0.6) is 0 Å². The number of carbonyl (C=O) groups excluding carboxylic acids is 1. The van der Waals surface area contributed by atoms with E-state index in [0.717, 1.165) is 56.5 Å². The van der Waals surface area contributed by atoms with Crippen LogP contribution in [0.4, 0.5) is 17.1 Å². The normalized spacial score (nSPS) is 18.5. The Labute approximate surface area is 142 Å². The van der Waals surface area contributed by atoms with E-state index in [-0.39, 0.29) is 12.5 Å². The van der Waals surface area contributed by atoms with Gasteiger partial charge in [0.1, 0.15) is 6.61 Å². The zero-order chi connectivity index (χ0) is 16.8. The van der Waals surface area contributed by atoms with E-state index < -0.39 is 0 Å². The van der Waals surface area contributed by atoms with Crippen molar-refractivity contribution >= 4 is 23.0 Å². The van der Waals surface area contributed by atoms with E-state index in [2.05, 4.69) is 27.2 Å². The molecule has 132 valence electrons. The van der Waals surface area contributed by atoms with Gasteiger partial charge in [0.05, 0.1) is 37.8 Å². The molecule has 1 aromatic rings. The highest BCUT2D eigenvalue weighted by atomic mass is 16.5. The molecule has 2 saturated heterocycles. The highest BCUT2D eigenvalue weighted by Gasteiger charge is 2.19. The first kappa shape index (κ1) is 17.0. The van der Waals surface area contributed by atoms with Gasteiger partial charge in [0.2, 0.25) is 5.91 Å². The van der Waals surface area contributed by atoms with E-state index in [9.17, 15) is 4.79 Å². The first-order valence-electron chi connectivity index (χ1n) is 8.36. The lowest BCUT2D eigenvalue weighted by Gasteiger charge is -2.33. The van der Waals surface area contributed by atoms with Crippen LogP contribution in [0.25, 0.3) is 0 Å². The van der Waals surface area contributed by atoms with Gasteiger partial charge in [0.25, 0.3) is 0 Å². The molecule has 3 rings (SSSR count). The summed E-state index contributed by atoms with van der Waals surface area (Å²) < 4.78 is 15.8. The van der Waals surface area contributed by atoms with Crippen LogP contribution in [0, 0.1) is 0 Å². The third-order valence-electron chi connectivity index (χ3n) is 4.26. The van der Waals surface area contributed by atoms with Gasteiger partial charge < -0.3 is 29.3 Å². The number of amides is 1. The van der Waals surface area contributed by atoms with Gasteiger partial charge in [-0.15, -0.1) is 0 Å². The van der Waals surface area contributed by atoms with Crippen molar-refractivity contribution in [3.05, 3.63) is 18.2 Å². The summed E-state index contributed by atoms with van der Waals surface area (Å²) in [7, 11) is 1.52. The van der Waals surface area contributed by atoms with Crippen molar-refractivity contribution in [1.82, 2.24) is 0 Å². The molecule has 0 spiro atoms.